The molecule has 1 aromatic rings. The highest BCUT2D eigenvalue weighted by atomic mass is 16.6. The largest absolute Gasteiger partial charge is 0.457 e. The summed E-state index contributed by atoms with van der Waals surface area (Å²) in [6, 6.07) is 10.0. The van der Waals surface area contributed by atoms with E-state index in [9.17, 15) is 4.79 Å². The molecule has 1 N–H and O–H groups in total. The minimum absolute atomic E-state index is 0.0528. The van der Waals surface area contributed by atoms with E-state index in [2.05, 4.69) is 5.32 Å². The maximum absolute atomic E-state index is 12.6. The molecule has 2 aliphatic heterocycles. The van der Waals surface area contributed by atoms with Crippen LogP contribution in [0.2, 0.25) is 0 Å². The first kappa shape index (κ1) is 12.6. The van der Waals surface area contributed by atoms with Crippen LogP contribution in [0, 0.1) is 0 Å². The number of hydrogen-bond acceptors (Lipinski definition) is 4. The van der Waals surface area contributed by atoms with Crippen LogP contribution in [0.1, 0.15) is 18.4 Å². The Kier molecular flexibility index (Phi) is 3.53. The van der Waals surface area contributed by atoms with Crippen molar-refractivity contribution in [1.29, 1.82) is 0 Å². The zero-order valence-electron chi connectivity index (χ0n) is 10.9. The maximum atomic E-state index is 12.6. The van der Waals surface area contributed by atoms with Gasteiger partial charge in [-0.2, -0.15) is 0 Å². The van der Waals surface area contributed by atoms with Crippen molar-refractivity contribution in [3.8, 4) is 0 Å². The van der Waals surface area contributed by atoms with Crippen LogP contribution >= 0.6 is 0 Å². The summed E-state index contributed by atoms with van der Waals surface area (Å²) in [7, 11) is 0. The first-order valence-electron chi connectivity index (χ1n) is 6.86. The molecule has 102 valence electrons. The number of carbonyl (C=O) groups excluding carboxylic acids is 1. The van der Waals surface area contributed by atoms with Crippen LogP contribution in [-0.2, 0) is 19.7 Å². The molecule has 2 saturated heterocycles. The fourth-order valence-electron chi connectivity index (χ4n) is 2.77. The average molecular weight is 261 g/mol. The van der Waals surface area contributed by atoms with Crippen LogP contribution in [0.4, 0.5) is 0 Å². The van der Waals surface area contributed by atoms with Gasteiger partial charge in [0.05, 0.1) is 18.6 Å². The zero-order valence-corrected chi connectivity index (χ0v) is 10.9. The first-order valence-corrected chi connectivity index (χ1v) is 6.86. The number of piperidine rings is 1. The first-order chi connectivity index (χ1) is 9.31. The molecule has 0 amide bonds. The van der Waals surface area contributed by atoms with Gasteiger partial charge < -0.3 is 14.8 Å². The van der Waals surface area contributed by atoms with Crippen molar-refractivity contribution in [3.63, 3.8) is 0 Å². The summed E-state index contributed by atoms with van der Waals surface area (Å²) in [6.07, 6.45) is 1.54. The van der Waals surface area contributed by atoms with Crippen LogP contribution in [0.5, 0.6) is 0 Å². The van der Waals surface area contributed by atoms with Gasteiger partial charge in [0.1, 0.15) is 6.10 Å². The topological polar surface area (TPSA) is 47.6 Å². The Hall–Kier alpha value is -1.39. The van der Waals surface area contributed by atoms with Crippen molar-refractivity contribution in [1.82, 2.24) is 5.32 Å². The van der Waals surface area contributed by atoms with Crippen molar-refractivity contribution in [2.45, 2.75) is 24.4 Å². The Bertz CT molecular complexity index is 436. The van der Waals surface area contributed by atoms with Gasteiger partial charge in [-0.1, -0.05) is 30.3 Å². The lowest BCUT2D eigenvalue weighted by Gasteiger charge is -2.38. The van der Waals surface area contributed by atoms with Crippen LogP contribution in [0.15, 0.2) is 30.3 Å². The molecule has 0 aromatic heterocycles. The van der Waals surface area contributed by atoms with E-state index >= 15 is 0 Å². The van der Waals surface area contributed by atoms with Gasteiger partial charge >= 0.3 is 5.97 Å². The SMILES string of the molecule is O=C(OC1COC1)C1(c2ccccc2)CCNCC1. The maximum Gasteiger partial charge on any atom is 0.317 e. The molecule has 1 aromatic carbocycles. The van der Waals surface area contributed by atoms with Crippen molar-refractivity contribution in [2.75, 3.05) is 26.3 Å². The fraction of sp³-hybridized carbons (Fsp3) is 0.533. The van der Waals surface area contributed by atoms with Crippen molar-refractivity contribution in [3.05, 3.63) is 35.9 Å². The molecular formula is C15H19NO3. The molecule has 2 heterocycles. The third-order valence-electron chi connectivity index (χ3n) is 4.06. The van der Waals surface area contributed by atoms with Gasteiger partial charge in [-0.15, -0.1) is 0 Å². The Balaban J connectivity index is 1.85. The highest BCUT2D eigenvalue weighted by molar-refractivity contribution is 5.83. The van der Waals surface area contributed by atoms with Crippen LogP contribution in [0.25, 0.3) is 0 Å². The summed E-state index contributed by atoms with van der Waals surface area (Å²) in [6.45, 7) is 2.78. The van der Waals surface area contributed by atoms with E-state index in [4.69, 9.17) is 9.47 Å². The predicted molar refractivity (Wildman–Crippen MR) is 70.9 cm³/mol. The number of benzene rings is 1. The number of ether oxygens (including phenoxy) is 2. The Morgan fingerprint density at radius 2 is 1.89 bits per heavy atom. The molecule has 4 nitrogen and oxygen atoms in total. The molecule has 0 aliphatic carbocycles. The van der Waals surface area contributed by atoms with Gasteiger partial charge in [0.25, 0.3) is 0 Å². The third-order valence-corrected chi connectivity index (χ3v) is 4.06. The molecule has 0 atom stereocenters. The van der Waals surface area contributed by atoms with E-state index in [1.165, 1.54) is 0 Å². The number of carbonyl (C=O) groups is 1. The van der Waals surface area contributed by atoms with E-state index < -0.39 is 5.41 Å². The predicted octanol–water partition coefficient (Wildman–Crippen LogP) is 1.25. The normalized spacial score (nSPS) is 22.5. The van der Waals surface area contributed by atoms with Crippen LogP contribution in [0.3, 0.4) is 0 Å². The smallest absolute Gasteiger partial charge is 0.317 e. The molecule has 0 radical (unpaired) electrons. The highest BCUT2D eigenvalue weighted by Gasteiger charge is 2.44. The van der Waals surface area contributed by atoms with Gasteiger partial charge in [0.2, 0.25) is 0 Å². The van der Waals surface area contributed by atoms with Crippen molar-refractivity contribution in [2.24, 2.45) is 0 Å². The second kappa shape index (κ2) is 5.31. The van der Waals surface area contributed by atoms with Crippen LogP contribution < -0.4 is 5.32 Å². The minimum Gasteiger partial charge on any atom is -0.457 e. The number of rotatable bonds is 3. The third kappa shape index (κ3) is 2.38. The summed E-state index contributed by atoms with van der Waals surface area (Å²) < 4.78 is 10.7. The molecule has 2 fully saturated rings. The molecule has 4 heteroatoms. The van der Waals surface area contributed by atoms with E-state index in [0.29, 0.717) is 13.2 Å². The number of esters is 1. The zero-order chi connectivity index (χ0) is 13.1. The Morgan fingerprint density at radius 1 is 1.21 bits per heavy atom. The fourth-order valence-corrected chi connectivity index (χ4v) is 2.77. The summed E-state index contributed by atoms with van der Waals surface area (Å²) in [5.74, 6) is -0.0894. The van der Waals surface area contributed by atoms with Crippen molar-refractivity contribution < 1.29 is 14.3 Å². The summed E-state index contributed by atoms with van der Waals surface area (Å²) >= 11 is 0. The molecule has 2 aliphatic rings. The Labute approximate surface area is 113 Å². The van der Waals surface area contributed by atoms with Gasteiger partial charge in [0.15, 0.2) is 0 Å². The summed E-state index contributed by atoms with van der Waals surface area (Å²) in [4.78, 5) is 12.6. The van der Waals surface area contributed by atoms with Gasteiger partial charge in [-0.25, -0.2) is 0 Å². The van der Waals surface area contributed by atoms with E-state index in [1.807, 2.05) is 30.3 Å². The highest BCUT2D eigenvalue weighted by Crippen LogP contribution is 2.35. The minimum atomic E-state index is -0.484. The lowest BCUT2D eigenvalue weighted by molar-refractivity contribution is -0.179. The summed E-state index contributed by atoms with van der Waals surface area (Å²) in [5, 5.41) is 3.31. The van der Waals surface area contributed by atoms with Gasteiger partial charge in [-0.3, -0.25) is 4.79 Å². The van der Waals surface area contributed by atoms with Crippen molar-refractivity contribution >= 4 is 5.97 Å². The van der Waals surface area contributed by atoms with Gasteiger partial charge in [-0.05, 0) is 31.5 Å². The average Bonchev–Trinajstić information content (AvgIpc) is 2.44. The molecule has 0 unspecified atom stereocenters. The monoisotopic (exact) mass is 261 g/mol. The van der Waals surface area contributed by atoms with E-state index in [0.717, 1.165) is 31.5 Å². The second-order valence-electron chi connectivity index (χ2n) is 5.26. The van der Waals surface area contributed by atoms with E-state index in [1.54, 1.807) is 0 Å². The second-order valence-corrected chi connectivity index (χ2v) is 5.26. The lowest BCUT2D eigenvalue weighted by Crippen LogP contribution is -2.49. The molecule has 0 bridgehead atoms. The lowest BCUT2D eigenvalue weighted by atomic mass is 9.73. The summed E-state index contributed by atoms with van der Waals surface area (Å²) in [5.41, 5.74) is 0.587. The molecule has 19 heavy (non-hydrogen) atoms. The number of hydrogen-bond donors (Lipinski definition) is 1. The van der Waals surface area contributed by atoms with E-state index in [-0.39, 0.29) is 12.1 Å². The number of nitrogens with one attached hydrogen (secondary N) is 1. The van der Waals surface area contributed by atoms with Gasteiger partial charge in [0, 0.05) is 0 Å². The molecule has 0 saturated carbocycles. The molecular weight excluding hydrogens is 242 g/mol. The quantitative estimate of drug-likeness (QED) is 0.832. The molecule has 0 spiro atoms. The van der Waals surface area contributed by atoms with Crippen LogP contribution in [-0.4, -0.2) is 38.4 Å². The standard InChI is InChI=1S/C15H19NO3/c17-14(19-13-10-18-11-13)15(6-8-16-9-7-15)12-4-2-1-3-5-12/h1-5,13,16H,6-11H2. The Morgan fingerprint density at radius 3 is 2.47 bits per heavy atom. The molecule has 3 rings (SSSR count).